The summed E-state index contributed by atoms with van der Waals surface area (Å²) in [6.07, 6.45) is 0. The fourth-order valence-electron chi connectivity index (χ4n) is 2.63. The number of carbonyl (C=O) groups excluding carboxylic acids is 1. The molecule has 0 aliphatic carbocycles. The highest BCUT2D eigenvalue weighted by Crippen LogP contribution is 2.28. The van der Waals surface area contributed by atoms with Gasteiger partial charge in [0.25, 0.3) is 0 Å². The van der Waals surface area contributed by atoms with Crippen molar-refractivity contribution in [2.75, 3.05) is 0 Å². The monoisotopic (exact) mass is 357 g/mol. The number of Topliss-reactive ketones (excluding diaryl/α,β-unsaturated/α-hetero) is 1. The summed E-state index contributed by atoms with van der Waals surface area (Å²) in [5.41, 5.74) is 3.00. The maximum atomic E-state index is 11.9. The van der Waals surface area contributed by atoms with Gasteiger partial charge in [0.05, 0.1) is 12.1 Å². The molecule has 0 spiro atoms. The van der Waals surface area contributed by atoms with Gasteiger partial charge in [-0.15, -0.1) is 0 Å². The van der Waals surface area contributed by atoms with Crippen LogP contribution < -0.4 is 10.5 Å². The molecule has 2 aromatic carbocycles. The second kappa shape index (κ2) is 6.49. The summed E-state index contributed by atoms with van der Waals surface area (Å²) < 4.78 is 12.3. The minimum atomic E-state index is -0.520. The van der Waals surface area contributed by atoms with E-state index in [4.69, 9.17) is 9.15 Å². The van der Waals surface area contributed by atoms with Crippen LogP contribution >= 0.6 is 9.24 Å². The predicted octanol–water partition coefficient (Wildman–Crippen LogP) is 3.84. The first-order chi connectivity index (χ1) is 11.7. The maximum absolute atomic E-state index is 11.9. The molecule has 0 aliphatic rings. The lowest BCUT2D eigenvalue weighted by molar-refractivity contribution is -0.117. The molecule has 3 rings (SSSR count). The van der Waals surface area contributed by atoms with Crippen molar-refractivity contribution in [3.63, 3.8) is 0 Å². The van der Waals surface area contributed by atoms with Crippen molar-refractivity contribution in [3.05, 3.63) is 53.0 Å². The number of ketones is 1. The first-order valence-electron chi connectivity index (χ1n) is 7.94. The molecule has 1 unspecified atom stereocenters. The number of carbonyl (C=O) groups is 1. The fraction of sp³-hybridized carbons (Fsp3) is 0.263. The van der Waals surface area contributed by atoms with E-state index in [9.17, 15) is 9.59 Å². The number of oxazole rings is 1. The smallest absolute Gasteiger partial charge is 0.420 e. The highest BCUT2D eigenvalue weighted by molar-refractivity contribution is 7.18. The van der Waals surface area contributed by atoms with Crippen LogP contribution in [0.25, 0.3) is 22.2 Å². The van der Waals surface area contributed by atoms with Crippen LogP contribution in [0.1, 0.15) is 20.8 Å². The Hall–Kier alpha value is -2.39. The minimum Gasteiger partial charge on any atom is -0.484 e. The fourth-order valence-corrected chi connectivity index (χ4v) is 2.77. The Bertz CT molecular complexity index is 977. The molecule has 0 radical (unpaired) electrons. The van der Waals surface area contributed by atoms with Crippen molar-refractivity contribution in [1.82, 2.24) is 4.57 Å². The van der Waals surface area contributed by atoms with E-state index in [0.29, 0.717) is 11.1 Å². The Kier molecular flexibility index (Phi) is 4.53. The molecular weight excluding hydrogens is 337 g/mol. The number of aromatic nitrogens is 1. The number of rotatable bonds is 5. The zero-order valence-corrected chi connectivity index (χ0v) is 15.6. The van der Waals surface area contributed by atoms with Crippen LogP contribution in [-0.2, 0) is 11.3 Å². The Labute approximate surface area is 147 Å². The molecule has 0 fully saturated rings. The number of hydrogen-bond acceptors (Lipinski definition) is 4. The van der Waals surface area contributed by atoms with E-state index >= 15 is 0 Å². The van der Waals surface area contributed by atoms with Crippen LogP contribution in [0, 0.1) is 0 Å². The van der Waals surface area contributed by atoms with Gasteiger partial charge in [-0.05, 0) is 56.2 Å². The normalized spacial score (nSPS) is 11.7. The first-order valence-corrected chi connectivity index (χ1v) is 8.52. The van der Waals surface area contributed by atoms with Crippen LogP contribution in [0.3, 0.4) is 0 Å². The largest absolute Gasteiger partial charge is 0.484 e. The minimum absolute atomic E-state index is 0.00527. The van der Waals surface area contributed by atoms with Crippen LogP contribution in [0.4, 0.5) is 0 Å². The summed E-state index contributed by atoms with van der Waals surface area (Å²) in [5.74, 6) is 0.159. The molecule has 25 heavy (non-hydrogen) atoms. The third-order valence-corrected chi connectivity index (χ3v) is 3.73. The summed E-state index contributed by atoms with van der Waals surface area (Å²) in [6, 6.07) is 13.2. The summed E-state index contributed by atoms with van der Waals surface area (Å²) in [4.78, 5) is 23.3. The molecule has 1 atom stereocenters. The molecule has 1 aromatic heterocycles. The number of benzene rings is 2. The van der Waals surface area contributed by atoms with Crippen molar-refractivity contribution in [3.8, 4) is 16.9 Å². The zero-order valence-electron chi connectivity index (χ0n) is 14.4. The van der Waals surface area contributed by atoms with Crippen molar-refractivity contribution >= 4 is 26.1 Å². The zero-order chi connectivity index (χ0) is 18.2. The third-order valence-electron chi connectivity index (χ3n) is 3.62. The van der Waals surface area contributed by atoms with Gasteiger partial charge in [-0.25, -0.2) is 4.79 Å². The van der Waals surface area contributed by atoms with Gasteiger partial charge in [0.1, 0.15) is 16.9 Å². The molecule has 5 nitrogen and oxygen atoms in total. The van der Waals surface area contributed by atoms with E-state index in [1.807, 2.05) is 50.2 Å². The molecule has 1 heterocycles. The van der Waals surface area contributed by atoms with Crippen molar-refractivity contribution in [1.29, 1.82) is 0 Å². The highest BCUT2D eigenvalue weighted by atomic mass is 31.0. The Morgan fingerprint density at radius 3 is 2.40 bits per heavy atom. The van der Waals surface area contributed by atoms with Crippen molar-refractivity contribution < 1.29 is 13.9 Å². The van der Waals surface area contributed by atoms with Crippen LogP contribution in [0.15, 0.2) is 51.7 Å². The Morgan fingerprint density at radius 1 is 1.16 bits per heavy atom. The molecule has 0 bridgehead atoms. The van der Waals surface area contributed by atoms with Gasteiger partial charge in [0.15, 0.2) is 5.58 Å². The second-order valence-corrected chi connectivity index (χ2v) is 7.96. The lowest BCUT2D eigenvalue weighted by Crippen LogP contribution is -2.18. The topological polar surface area (TPSA) is 61.4 Å². The molecule has 3 aromatic rings. The quantitative estimate of drug-likeness (QED) is 0.651. The maximum Gasteiger partial charge on any atom is 0.420 e. The summed E-state index contributed by atoms with van der Waals surface area (Å²) in [6.45, 7) is 5.38. The Balaban J connectivity index is 1.98. The molecule has 0 N–H and O–H groups in total. The van der Waals surface area contributed by atoms with E-state index in [2.05, 4.69) is 9.24 Å². The van der Waals surface area contributed by atoms with Gasteiger partial charge in [0, 0.05) is 0 Å². The Morgan fingerprint density at radius 2 is 1.80 bits per heavy atom. The van der Waals surface area contributed by atoms with E-state index in [1.54, 1.807) is 6.07 Å². The van der Waals surface area contributed by atoms with E-state index in [0.717, 1.165) is 16.9 Å². The number of nitrogens with zero attached hydrogens (tertiary/aromatic N) is 1. The van der Waals surface area contributed by atoms with Gasteiger partial charge in [-0.3, -0.25) is 9.36 Å². The summed E-state index contributed by atoms with van der Waals surface area (Å²) in [7, 11) is 2.64. The highest BCUT2D eigenvalue weighted by Gasteiger charge is 2.13. The average molecular weight is 357 g/mol. The van der Waals surface area contributed by atoms with Crippen LogP contribution in [0.5, 0.6) is 5.75 Å². The van der Waals surface area contributed by atoms with E-state index in [1.165, 1.54) is 11.5 Å². The first kappa shape index (κ1) is 17.4. The third kappa shape index (κ3) is 3.99. The molecule has 0 aliphatic heterocycles. The van der Waals surface area contributed by atoms with Gasteiger partial charge in [0.2, 0.25) is 0 Å². The van der Waals surface area contributed by atoms with Gasteiger partial charge >= 0.3 is 5.76 Å². The van der Waals surface area contributed by atoms with Crippen molar-refractivity contribution in [2.45, 2.75) is 32.7 Å². The lowest BCUT2D eigenvalue weighted by atomic mass is 10.1. The van der Waals surface area contributed by atoms with E-state index < -0.39 is 5.76 Å². The number of ether oxygens (including phenoxy) is 1. The predicted molar refractivity (Wildman–Crippen MR) is 101 cm³/mol. The van der Waals surface area contributed by atoms with Gasteiger partial charge < -0.3 is 9.15 Å². The number of hydrogen-bond donors (Lipinski definition) is 0. The van der Waals surface area contributed by atoms with Crippen LogP contribution in [-0.4, -0.2) is 15.7 Å². The van der Waals surface area contributed by atoms with Crippen molar-refractivity contribution in [2.24, 2.45) is 0 Å². The second-order valence-electron chi connectivity index (χ2n) is 6.57. The van der Waals surface area contributed by atoms with Gasteiger partial charge in [-0.2, -0.15) is 0 Å². The summed E-state index contributed by atoms with van der Waals surface area (Å²) >= 11 is 0. The summed E-state index contributed by atoms with van der Waals surface area (Å²) in [5, 5.41) is -0.333. The van der Waals surface area contributed by atoms with Gasteiger partial charge in [-0.1, -0.05) is 27.4 Å². The average Bonchev–Trinajstić information content (AvgIpc) is 2.81. The molecule has 6 heteroatoms. The molecular formula is C19H20NO4P. The standard InChI is InChI=1S/C19H20NO4P/c1-12(21)11-20-16-10-14(6-9-17(16)23-18(20)22)13-4-7-15(8-5-13)24-19(2,3)25/h4-10H,11,25H2,1-3H3. The SMILES string of the molecule is CC(=O)Cn1c(=O)oc2ccc(-c3ccc(OC(C)(C)P)cc3)cc21. The lowest BCUT2D eigenvalue weighted by Gasteiger charge is -2.21. The van der Waals surface area contributed by atoms with E-state index in [-0.39, 0.29) is 17.7 Å². The van der Waals surface area contributed by atoms with Crippen LogP contribution in [0.2, 0.25) is 0 Å². The molecule has 0 saturated carbocycles. The number of fused-ring (bicyclic) bond motifs is 1. The molecule has 130 valence electrons. The molecule has 0 amide bonds. The molecule has 0 saturated heterocycles.